The first-order chi connectivity index (χ1) is 7.18. The van der Waals surface area contributed by atoms with Gasteiger partial charge in [0.05, 0.1) is 11.4 Å². The van der Waals surface area contributed by atoms with E-state index >= 15 is 0 Å². The molecule has 1 nitrogen and oxygen atoms in total. The van der Waals surface area contributed by atoms with Crippen LogP contribution in [0, 0.1) is 12.8 Å². The molecule has 0 spiro atoms. The second-order valence-corrected chi connectivity index (χ2v) is 7.06. The van der Waals surface area contributed by atoms with Crippen molar-refractivity contribution in [1.82, 2.24) is 0 Å². The molecule has 1 fully saturated rings. The zero-order chi connectivity index (χ0) is 10.8. The number of rotatable bonds is 2. The van der Waals surface area contributed by atoms with Crippen LogP contribution in [0.4, 0.5) is 0 Å². The van der Waals surface area contributed by atoms with Crippen LogP contribution >= 0.6 is 43.2 Å². The number of halogens is 2. The number of hydrogen-bond acceptors (Lipinski definition) is 2. The van der Waals surface area contributed by atoms with Gasteiger partial charge in [-0.2, -0.15) is 0 Å². The Bertz CT molecular complexity index is 312. The Morgan fingerprint density at radius 3 is 2.93 bits per heavy atom. The third kappa shape index (κ3) is 2.84. The molecule has 2 unspecified atom stereocenters. The van der Waals surface area contributed by atoms with Crippen molar-refractivity contribution >= 4 is 43.2 Å². The fourth-order valence-electron chi connectivity index (χ4n) is 1.85. The molecule has 1 aliphatic heterocycles. The average molecular weight is 354 g/mol. The molecule has 0 N–H and O–H groups in total. The fourth-order valence-corrected chi connectivity index (χ4v) is 4.31. The number of ether oxygens (including phenoxy) is 1. The molecule has 2 atom stereocenters. The second-order valence-electron chi connectivity index (χ2n) is 3.93. The van der Waals surface area contributed by atoms with E-state index in [0.717, 1.165) is 13.2 Å². The molecule has 84 valence electrons. The molecule has 0 aromatic carbocycles. The Labute approximate surface area is 111 Å². The van der Waals surface area contributed by atoms with Crippen LogP contribution in [-0.2, 0) is 4.74 Å². The van der Waals surface area contributed by atoms with E-state index in [2.05, 4.69) is 44.8 Å². The first kappa shape index (κ1) is 12.1. The van der Waals surface area contributed by atoms with E-state index in [1.807, 2.05) is 11.3 Å². The summed E-state index contributed by atoms with van der Waals surface area (Å²) in [5, 5.41) is 0. The monoisotopic (exact) mass is 352 g/mol. The largest absolute Gasteiger partial charge is 0.381 e. The molecule has 0 bridgehead atoms. The number of aryl methyl sites for hydroxylation is 1. The van der Waals surface area contributed by atoms with Gasteiger partial charge >= 0.3 is 0 Å². The van der Waals surface area contributed by atoms with Crippen LogP contribution in [0.15, 0.2) is 10.5 Å². The number of alkyl halides is 1. The van der Waals surface area contributed by atoms with E-state index in [4.69, 9.17) is 4.74 Å². The summed E-state index contributed by atoms with van der Waals surface area (Å²) < 4.78 is 6.75. The second kappa shape index (κ2) is 5.30. The maximum atomic E-state index is 5.52. The van der Waals surface area contributed by atoms with Gasteiger partial charge in [0.2, 0.25) is 0 Å². The van der Waals surface area contributed by atoms with Crippen molar-refractivity contribution in [2.24, 2.45) is 5.92 Å². The van der Waals surface area contributed by atoms with Gasteiger partial charge in [-0.15, -0.1) is 11.3 Å². The van der Waals surface area contributed by atoms with Crippen molar-refractivity contribution < 1.29 is 4.74 Å². The van der Waals surface area contributed by atoms with Gasteiger partial charge < -0.3 is 4.74 Å². The molecule has 1 saturated heterocycles. The van der Waals surface area contributed by atoms with E-state index in [9.17, 15) is 0 Å². The molecule has 0 saturated carbocycles. The zero-order valence-electron chi connectivity index (χ0n) is 8.63. The molecule has 4 heteroatoms. The quantitative estimate of drug-likeness (QED) is 0.701. The van der Waals surface area contributed by atoms with Crippen molar-refractivity contribution in [2.45, 2.75) is 24.6 Å². The fraction of sp³-hybridized carbons (Fsp3) is 0.636. The van der Waals surface area contributed by atoms with Crippen LogP contribution in [0.25, 0.3) is 0 Å². The molecule has 0 amide bonds. The van der Waals surface area contributed by atoms with Crippen molar-refractivity contribution in [1.29, 1.82) is 0 Å². The van der Waals surface area contributed by atoms with Crippen LogP contribution in [0.5, 0.6) is 0 Å². The lowest BCUT2D eigenvalue weighted by Crippen LogP contribution is -2.20. The van der Waals surface area contributed by atoms with Crippen molar-refractivity contribution in [3.63, 3.8) is 0 Å². The van der Waals surface area contributed by atoms with Crippen LogP contribution in [0.1, 0.15) is 27.4 Å². The first-order valence-corrected chi connectivity index (χ1v) is 7.68. The SMILES string of the molecule is Cc1sc(C(Br)C2CCCOC2)cc1Br. The van der Waals surface area contributed by atoms with E-state index in [-0.39, 0.29) is 0 Å². The van der Waals surface area contributed by atoms with Gasteiger partial charge in [-0.3, -0.25) is 0 Å². The van der Waals surface area contributed by atoms with Crippen LogP contribution in [0.2, 0.25) is 0 Å². The predicted molar refractivity (Wildman–Crippen MR) is 72.0 cm³/mol. The molecule has 1 aromatic rings. The predicted octanol–water partition coefficient (Wildman–Crippen LogP) is 4.68. The maximum absolute atomic E-state index is 5.52. The molecule has 2 heterocycles. The Balaban J connectivity index is 2.08. The smallest absolute Gasteiger partial charge is 0.0539 e. The standard InChI is InChI=1S/C11H14Br2OS/c1-7-9(12)5-10(15-7)11(13)8-3-2-4-14-6-8/h5,8,11H,2-4,6H2,1H3. The van der Waals surface area contributed by atoms with E-state index in [0.29, 0.717) is 10.7 Å². The van der Waals surface area contributed by atoms with Crippen molar-refractivity contribution in [3.05, 3.63) is 20.3 Å². The summed E-state index contributed by atoms with van der Waals surface area (Å²) >= 11 is 9.24. The first-order valence-electron chi connectivity index (χ1n) is 5.16. The minimum absolute atomic E-state index is 0.452. The van der Waals surface area contributed by atoms with E-state index < -0.39 is 0 Å². The zero-order valence-corrected chi connectivity index (χ0v) is 12.6. The molecule has 2 rings (SSSR count). The highest BCUT2D eigenvalue weighted by Crippen LogP contribution is 2.41. The van der Waals surface area contributed by atoms with Gasteiger partial charge in [0, 0.05) is 20.8 Å². The van der Waals surface area contributed by atoms with Gasteiger partial charge in [0.25, 0.3) is 0 Å². The van der Waals surface area contributed by atoms with E-state index in [1.54, 1.807) is 0 Å². The summed E-state index contributed by atoms with van der Waals surface area (Å²) in [7, 11) is 0. The summed E-state index contributed by atoms with van der Waals surface area (Å²) in [4.78, 5) is 3.22. The lowest BCUT2D eigenvalue weighted by molar-refractivity contribution is 0.0549. The summed E-state index contributed by atoms with van der Waals surface area (Å²) in [5.41, 5.74) is 0. The lowest BCUT2D eigenvalue weighted by Gasteiger charge is -2.25. The van der Waals surface area contributed by atoms with Gasteiger partial charge in [0.15, 0.2) is 0 Å². The highest BCUT2D eigenvalue weighted by atomic mass is 79.9. The highest BCUT2D eigenvalue weighted by Gasteiger charge is 2.24. The topological polar surface area (TPSA) is 9.23 Å². The number of thiophene rings is 1. The summed E-state index contributed by atoms with van der Waals surface area (Å²) in [5.74, 6) is 0.628. The van der Waals surface area contributed by atoms with Gasteiger partial charge in [-0.05, 0) is 47.7 Å². The molecule has 15 heavy (non-hydrogen) atoms. The van der Waals surface area contributed by atoms with Crippen molar-refractivity contribution in [2.75, 3.05) is 13.2 Å². The van der Waals surface area contributed by atoms with Crippen molar-refractivity contribution in [3.8, 4) is 0 Å². The number of hydrogen-bond donors (Lipinski definition) is 0. The Morgan fingerprint density at radius 1 is 1.60 bits per heavy atom. The highest BCUT2D eigenvalue weighted by molar-refractivity contribution is 9.10. The lowest BCUT2D eigenvalue weighted by atomic mass is 9.98. The molecular formula is C11H14Br2OS. The van der Waals surface area contributed by atoms with Gasteiger partial charge in [-0.25, -0.2) is 0 Å². The third-order valence-electron chi connectivity index (χ3n) is 2.76. The summed E-state index contributed by atoms with van der Waals surface area (Å²) in [6, 6.07) is 2.23. The minimum Gasteiger partial charge on any atom is -0.381 e. The normalized spacial score (nSPS) is 24.1. The maximum Gasteiger partial charge on any atom is 0.0539 e. The Kier molecular flexibility index (Phi) is 4.27. The Hall–Kier alpha value is 0.620. The average Bonchev–Trinajstić information content (AvgIpc) is 2.59. The molecule has 1 aliphatic rings. The van der Waals surface area contributed by atoms with Crippen LogP contribution in [-0.4, -0.2) is 13.2 Å². The molecule has 0 aliphatic carbocycles. The van der Waals surface area contributed by atoms with E-state index in [1.165, 1.54) is 27.1 Å². The minimum atomic E-state index is 0.452. The molecule has 0 radical (unpaired) electrons. The molecular weight excluding hydrogens is 340 g/mol. The Morgan fingerprint density at radius 2 is 2.40 bits per heavy atom. The van der Waals surface area contributed by atoms with Gasteiger partial charge in [0.1, 0.15) is 0 Å². The summed E-state index contributed by atoms with van der Waals surface area (Å²) in [6.07, 6.45) is 2.46. The van der Waals surface area contributed by atoms with Crippen LogP contribution < -0.4 is 0 Å². The molecule has 1 aromatic heterocycles. The van der Waals surface area contributed by atoms with Gasteiger partial charge in [-0.1, -0.05) is 15.9 Å². The van der Waals surface area contributed by atoms with Crippen LogP contribution in [0.3, 0.4) is 0 Å². The summed E-state index contributed by atoms with van der Waals surface area (Å²) in [6.45, 7) is 3.98. The third-order valence-corrected chi connectivity index (χ3v) is 6.52.